The Morgan fingerprint density at radius 3 is 1.77 bits per heavy atom. The van der Waals surface area contributed by atoms with Gasteiger partial charge in [-0.15, -0.1) is 0 Å². The molecule has 0 saturated heterocycles. The number of aldehydes is 1. The van der Waals surface area contributed by atoms with Crippen LogP contribution in [0, 0.1) is 0 Å². The lowest BCUT2D eigenvalue weighted by molar-refractivity contribution is -0.107. The van der Waals surface area contributed by atoms with E-state index in [1.54, 1.807) is 5.56 Å². The zero-order valence-corrected chi connectivity index (χ0v) is 14.5. The van der Waals surface area contributed by atoms with Gasteiger partial charge in [0.2, 0.25) is 0 Å². The lowest BCUT2D eigenvalue weighted by atomic mass is 9.96. The summed E-state index contributed by atoms with van der Waals surface area (Å²) in [6.07, 6.45) is 17.2. The van der Waals surface area contributed by atoms with Crippen LogP contribution in [0.4, 0.5) is 0 Å². The third-order valence-corrected chi connectivity index (χ3v) is 4.44. The minimum absolute atomic E-state index is 0.722. The van der Waals surface area contributed by atoms with Gasteiger partial charge in [-0.2, -0.15) is 0 Å². The molecule has 1 nitrogen and oxygen atoms in total. The van der Waals surface area contributed by atoms with E-state index in [-0.39, 0.29) is 0 Å². The van der Waals surface area contributed by atoms with Crippen molar-refractivity contribution in [1.29, 1.82) is 0 Å². The van der Waals surface area contributed by atoms with E-state index in [2.05, 4.69) is 31.2 Å². The van der Waals surface area contributed by atoms with Gasteiger partial charge in [0.1, 0.15) is 6.29 Å². The molecule has 0 bridgehead atoms. The minimum atomic E-state index is 0.722. The van der Waals surface area contributed by atoms with E-state index in [1.165, 1.54) is 76.2 Å². The van der Waals surface area contributed by atoms with Crippen LogP contribution in [0.25, 0.3) is 0 Å². The molecule has 0 fully saturated rings. The van der Waals surface area contributed by atoms with Crippen LogP contribution in [-0.2, 0) is 17.6 Å². The number of carbonyl (C=O) groups is 1. The fourth-order valence-electron chi connectivity index (χ4n) is 3.04. The van der Waals surface area contributed by atoms with Crippen molar-refractivity contribution < 1.29 is 4.79 Å². The van der Waals surface area contributed by atoms with Crippen LogP contribution in [0.2, 0.25) is 0 Å². The fourth-order valence-corrected chi connectivity index (χ4v) is 3.04. The summed E-state index contributed by atoms with van der Waals surface area (Å²) in [5.41, 5.74) is 3.08. The highest BCUT2D eigenvalue weighted by molar-refractivity contribution is 5.48. The van der Waals surface area contributed by atoms with Gasteiger partial charge >= 0.3 is 0 Å². The highest BCUT2D eigenvalue weighted by atomic mass is 16.1. The van der Waals surface area contributed by atoms with E-state index in [0.29, 0.717) is 0 Å². The molecule has 0 radical (unpaired) electrons. The Labute approximate surface area is 137 Å². The average molecular weight is 303 g/mol. The summed E-state index contributed by atoms with van der Waals surface area (Å²) in [5.74, 6) is 0. The Balaban J connectivity index is 2.20. The molecule has 0 N–H and O–H groups in total. The summed E-state index contributed by atoms with van der Waals surface area (Å²) in [6, 6.07) is 8.93. The van der Waals surface area contributed by atoms with E-state index >= 15 is 0 Å². The summed E-state index contributed by atoms with van der Waals surface area (Å²) in [6.45, 7) is 2.27. The summed E-state index contributed by atoms with van der Waals surface area (Å²) in [7, 11) is 0. The predicted molar refractivity (Wildman–Crippen MR) is 96.4 cm³/mol. The maximum Gasteiger partial charge on any atom is 0.119 e. The zero-order valence-electron chi connectivity index (χ0n) is 14.5. The van der Waals surface area contributed by atoms with Crippen LogP contribution in [0.3, 0.4) is 0 Å². The molecular weight excluding hydrogens is 268 g/mol. The molecule has 124 valence electrons. The van der Waals surface area contributed by atoms with E-state index in [4.69, 9.17) is 0 Å². The van der Waals surface area contributed by atoms with Crippen molar-refractivity contribution in [2.45, 2.75) is 90.4 Å². The molecule has 0 heterocycles. The second kappa shape index (κ2) is 13.5. The molecule has 1 aromatic carbocycles. The average Bonchev–Trinajstić information content (AvgIpc) is 2.55. The van der Waals surface area contributed by atoms with Crippen molar-refractivity contribution in [3.63, 3.8) is 0 Å². The topological polar surface area (TPSA) is 17.1 Å². The second-order valence-corrected chi connectivity index (χ2v) is 6.41. The van der Waals surface area contributed by atoms with E-state index in [9.17, 15) is 4.79 Å². The predicted octanol–water partition coefficient (Wildman–Crippen LogP) is 6.28. The number of hydrogen-bond donors (Lipinski definition) is 0. The van der Waals surface area contributed by atoms with Crippen LogP contribution >= 0.6 is 0 Å². The number of unbranched alkanes of at least 4 members (excludes halogenated alkanes) is 9. The smallest absolute Gasteiger partial charge is 0.119 e. The van der Waals surface area contributed by atoms with Gasteiger partial charge in [-0.25, -0.2) is 0 Å². The molecule has 0 aliphatic heterocycles. The Hall–Kier alpha value is -1.11. The molecule has 0 aliphatic rings. The van der Waals surface area contributed by atoms with Crippen molar-refractivity contribution in [3.8, 4) is 0 Å². The second-order valence-electron chi connectivity index (χ2n) is 6.41. The SMILES string of the molecule is CCCCCCCCCc1ccccc1CCCCCC=O. The van der Waals surface area contributed by atoms with Crippen LogP contribution in [0.1, 0.15) is 88.7 Å². The quantitative estimate of drug-likeness (QED) is 0.292. The van der Waals surface area contributed by atoms with Gasteiger partial charge in [0.25, 0.3) is 0 Å². The summed E-state index contributed by atoms with van der Waals surface area (Å²) in [5, 5.41) is 0. The molecule has 0 unspecified atom stereocenters. The maximum atomic E-state index is 10.3. The van der Waals surface area contributed by atoms with Crippen LogP contribution in [-0.4, -0.2) is 6.29 Å². The monoisotopic (exact) mass is 302 g/mol. The van der Waals surface area contributed by atoms with Crippen LogP contribution < -0.4 is 0 Å². The Morgan fingerprint density at radius 1 is 0.727 bits per heavy atom. The molecule has 0 aromatic heterocycles. The lowest BCUT2D eigenvalue weighted by Gasteiger charge is -2.09. The zero-order chi connectivity index (χ0) is 15.9. The van der Waals surface area contributed by atoms with Gasteiger partial charge in [-0.3, -0.25) is 0 Å². The van der Waals surface area contributed by atoms with E-state index in [1.807, 2.05) is 0 Å². The summed E-state index contributed by atoms with van der Waals surface area (Å²) < 4.78 is 0. The van der Waals surface area contributed by atoms with Gasteiger partial charge in [0.05, 0.1) is 0 Å². The molecule has 0 saturated carbocycles. The Morgan fingerprint density at radius 2 is 1.23 bits per heavy atom. The minimum Gasteiger partial charge on any atom is -0.303 e. The van der Waals surface area contributed by atoms with Crippen molar-refractivity contribution in [1.82, 2.24) is 0 Å². The third-order valence-electron chi connectivity index (χ3n) is 4.44. The largest absolute Gasteiger partial charge is 0.303 e. The van der Waals surface area contributed by atoms with Crippen LogP contribution in [0.5, 0.6) is 0 Å². The number of hydrogen-bond acceptors (Lipinski definition) is 1. The van der Waals surface area contributed by atoms with E-state index in [0.717, 1.165) is 19.1 Å². The molecular formula is C21H34O. The summed E-state index contributed by atoms with van der Waals surface area (Å²) in [4.78, 5) is 10.3. The Bertz CT molecular complexity index is 383. The molecule has 0 aliphatic carbocycles. The third kappa shape index (κ3) is 9.02. The highest BCUT2D eigenvalue weighted by Crippen LogP contribution is 2.17. The first-order valence-electron chi connectivity index (χ1n) is 9.39. The molecule has 1 heteroatoms. The van der Waals surface area contributed by atoms with Gasteiger partial charge < -0.3 is 4.79 Å². The first-order chi connectivity index (χ1) is 10.9. The van der Waals surface area contributed by atoms with Crippen molar-refractivity contribution >= 4 is 6.29 Å². The maximum absolute atomic E-state index is 10.3. The molecule has 1 rings (SSSR count). The molecule has 0 spiro atoms. The van der Waals surface area contributed by atoms with Gasteiger partial charge in [-0.05, 0) is 43.2 Å². The number of carbonyl (C=O) groups excluding carboxylic acids is 1. The number of aryl methyl sites for hydroxylation is 2. The van der Waals surface area contributed by atoms with Crippen molar-refractivity contribution in [3.05, 3.63) is 35.4 Å². The lowest BCUT2D eigenvalue weighted by Crippen LogP contribution is -1.95. The molecule has 1 aromatic rings. The number of benzene rings is 1. The van der Waals surface area contributed by atoms with Gasteiger partial charge in [0, 0.05) is 6.42 Å². The van der Waals surface area contributed by atoms with E-state index < -0.39 is 0 Å². The first-order valence-corrected chi connectivity index (χ1v) is 9.39. The number of rotatable bonds is 14. The van der Waals surface area contributed by atoms with Crippen molar-refractivity contribution in [2.24, 2.45) is 0 Å². The van der Waals surface area contributed by atoms with Crippen molar-refractivity contribution in [2.75, 3.05) is 0 Å². The van der Waals surface area contributed by atoms with Gasteiger partial charge in [-0.1, -0.05) is 76.1 Å². The first kappa shape index (κ1) is 18.9. The molecule has 22 heavy (non-hydrogen) atoms. The molecule has 0 atom stereocenters. The standard InChI is InChI=1S/C21H34O/c1-2-3-4-5-6-7-10-15-20-17-12-13-18-21(20)16-11-8-9-14-19-22/h12-13,17-19H,2-11,14-16H2,1H3. The van der Waals surface area contributed by atoms with Crippen LogP contribution in [0.15, 0.2) is 24.3 Å². The van der Waals surface area contributed by atoms with Gasteiger partial charge in [0.15, 0.2) is 0 Å². The molecule has 0 amide bonds. The highest BCUT2D eigenvalue weighted by Gasteiger charge is 2.02. The normalized spacial score (nSPS) is 10.8. The summed E-state index contributed by atoms with van der Waals surface area (Å²) >= 11 is 0. The Kier molecular flexibility index (Phi) is 11.7. The fraction of sp³-hybridized carbons (Fsp3) is 0.667.